The summed E-state index contributed by atoms with van der Waals surface area (Å²) in [5, 5.41) is 8.65. The second kappa shape index (κ2) is 4.70. The summed E-state index contributed by atoms with van der Waals surface area (Å²) in [5.41, 5.74) is 5.35. The molecule has 0 amide bonds. The van der Waals surface area contributed by atoms with Crippen LogP contribution in [0.4, 0.5) is 0 Å². The van der Waals surface area contributed by atoms with Gasteiger partial charge in [-0.05, 0) is 34.1 Å². The van der Waals surface area contributed by atoms with Crippen molar-refractivity contribution >= 4 is 0 Å². The molecule has 92 valence electrons. The van der Waals surface area contributed by atoms with E-state index in [0.717, 1.165) is 26.1 Å². The van der Waals surface area contributed by atoms with Crippen molar-refractivity contribution in [2.45, 2.75) is 51.4 Å². The van der Waals surface area contributed by atoms with Gasteiger partial charge in [0.1, 0.15) is 0 Å². The SMILES string of the molecule is CC1(C)CN(CCC(N)C#N)CC(C)(C)O1. The summed E-state index contributed by atoms with van der Waals surface area (Å²) in [6.45, 7) is 11.1. The smallest absolute Gasteiger partial charge is 0.0940 e. The number of hydrogen-bond donors (Lipinski definition) is 1. The highest BCUT2D eigenvalue weighted by molar-refractivity contribution is 4.91. The zero-order valence-electron chi connectivity index (χ0n) is 10.8. The molecule has 1 heterocycles. The zero-order chi connectivity index (χ0) is 12.4. The third-order valence-electron chi connectivity index (χ3n) is 2.68. The molecule has 0 aromatic heterocycles. The molecule has 16 heavy (non-hydrogen) atoms. The van der Waals surface area contributed by atoms with Crippen molar-refractivity contribution in [1.29, 1.82) is 5.26 Å². The standard InChI is InChI=1S/C12H23N3O/c1-11(2)8-15(6-5-10(14)7-13)9-12(3,4)16-11/h10H,5-6,8-9,14H2,1-4H3. The first-order valence-electron chi connectivity index (χ1n) is 5.82. The Kier molecular flexibility index (Phi) is 3.95. The van der Waals surface area contributed by atoms with E-state index in [2.05, 4.69) is 38.7 Å². The number of nitrogens with zero attached hydrogens (tertiary/aromatic N) is 2. The van der Waals surface area contributed by atoms with E-state index in [1.807, 2.05) is 0 Å². The van der Waals surface area contributed by atoms with Crippen molar-refractivity contribution < 1.29 is 4.74 Å². The Morgan fingerprint density at radius 3 is 2.25 bits per heavy atom. The van der Waals surface area contributed by atoms with Crippen LogP contribution in [0.2, 0.25) is 0 Å². The lowest BCUT2D eigenvalue weighted by atomic mass is 9.98. The molecular formula is C12H23N3O. The molecule has 4 heteroatoms. The zero-order valence-corrected chi connectivity index (χ0v) is 10.8. The minimum absolute atomic E-state index is 0.126. The third kappa shape index (κ3) is 4.09. The Morgan fingerprint density at radius 1 is 1.31 bits per heavy atom. The topological polar surface area (TPSA) is 62.3 Å². The maximum absolute atomic E-state index is 8.65. The molecule has 0 aliphatic carbocycles. The fourth-order valence-electron chi connectivity index (χ4n) is 2.49. The fourth-order valence-corrected chi connectivity index (χ4v) is 2.49. The van der Waals surface area contributed by atoms with E-state index in [0.29, 0.717) is 0 Å². The molecule has 2 N–H and O–H groups in total. The second-order valence-electron chi connectivity index (χ2n) is 5.86. The van der Waals surface area contributed by atoms with Gasteiger partial charge >= 0.3 is 0 Å². The van der Waals surface area contributed by atoms with Gasteiger partial charge in [0.05, 0.1) is 23.3 Å². The van der Waals surface area contributed by atoms with Crippen LogP contribution in [0, 0.1) is 11.3 Å². The summed E-state index contributed by atoms with van der Waals surface area (Å²) in [4.78, 5) is 2.33. The van der Waals surface area contributed by atoms with Gasteiger partial charge in [0, 0.05) is 19.6 Å². The Bertz CT molecular complexity index is 264. The van der Waals surface area contributed by atoms with Crippen molar-refractivity contribution in [1.82, 2.24) is 4.90 Å². The number of hydrogen-bond acceptors (Lipinski definition) is 4. The van der Waals surface area contributed by atoms with E-state index < -0.39 is 0 Å². The molecule has 0 bridgehead atoms. The van der Waals surface area contributed by atoms with Crippen molar-refractivity contribution in [2.75, 3.05) is 19.6 Å². The summed E-state index contributed by atoms with van der Waals surface area (Å²) in [6, 6.07) is 1.71. The van der Waals surface area contributed by atoms with Gasteiger partial charge < -0.3 is 10.5 Å². The molecule has 1 aliphatic rings. The largest absolute Gasteiger partial charge is 0.367 e. The molecule has 0 saturated carbocycles. The predicted molar refractivity (Wildman–Crippen MR) is 63.9 cm³/mol. The molecule has 1 saturated heterocycles. The lowest BCUT2D eigenvalue weighted by Crippen LogP contribution is -2.57. The predicted octanol–water partition coefficient (Wildman–Crippen LogP) is 1.12. The lowest BCUT2D eigenvalue weighted by Gasteiger charge is -2.47. The van der Waals surface area contributed by atoms with Crippen LogP contribution >= 0.6 is 0 Å². The van der Waals surface area contributed by atoms with Crippen molar-refractivity contribution in [3.8, 4) is 6.07 Å². The fraction of sp³-hybridized carbons (Fsp3) is 0.917. The van der Waals surface area contributed by atoms with Crippen LogP contribution in [-0.2, 0) is 4.74 Å². The minimum Gasteiger partial charge on any atom is -0.367 e. The number of nitrogens with two attached hydrogens (primary N) is 1. The molecule has 1 fully saturated rings. The van der Waals surface area contributed by atoms with Gasteiger partial charge in [-0.2, -0.15) is 5.26 Å². The van der Waals surface area contributed by atoms with Crippen LogP contribution in [0.25, 0.3) is 0 Å². The van der Waals surface area contributed by atoms with Gasteiger partial charge in [0.25, 0.3) is 0 Å². The van der Waals surface area contributed by atoms with Gasteiger partial charge in [-0.25, -0.2) is 0 Å². The van der Waals surface area contributed by atoms with Crippen LogP contribution in [0.3, 0.4) is 0 Å². The van der Waals surface area contributed by atoms with E-state index in [-0.39, 0.29) is 17.2 Å². The van der Waals surface area contributed by atoms with Crippen LogP contribution < -0.4 is 5.73 Å². The van der Waals surface area contributed by atoms with E-state index in [4.69, 9.17) is 15.7 Å². The van der Waals surface area contributed by atoms with Gasteiger partial charge in [-0.15, -0.1) is 0 Å². The summed E-state index contributed by atoms with van der Waals surface area (Å²) in [5.74, 6) is 0. The third-order valence-corrected chi connectivity index (χ3v) is 2.68. The highest BCUT2D eigenvalue weighted by Gasteiger charge is 2.37. The molecule has 0 aromatic rings. The lowest BCUT2D eigenvalue weighted by molar-refractivity contribution is -0.180. The molecule has 0 spiro atoms. The van der Waals surface area contributed by atoms with Gasteiger partial charge in [0.2, 0.25) is 0 Å². The van der Waals surface area contributed by atoms with Crippen LogP contribution in [0.5, 0.6) is 0 Å². The first-order chi connectivity index (χ1) is 7.24. The van der Waals surface area contributed by atoms with E-state index in [1.54, 1.807) is 0 Å². The van der Waals surface area contributed by atoms with Gasteiger partial charge in [-0.3, -0.25) is 4.90 Å². The van der Waals surface area contributed by atoms with Crippen molar-refractivity contribution in [3.63, 3.8) is 0 Å². The first-order valence-corrected chi connectivity index (χ1v) is 5.82. The molecule has 4 nitrogen and oxygen atoms in total. The monoisotopic (exact) mass is 225 g/mol. The molecular weight excluding hydrogens is 202 g/mol. The quantitative estimate of drug-likeness (QED) is 0.781. The average Bonchev–Trinajstić information content (AvgIpc) is 2.09. The molecule has 0 radical (unpaired) electrons. The molecule has 1 rings (SSSR count). The molecule has 0 aromatic carbocycles. The second-order valence-corrected chi connectivity index (χ2v) is 5.86. The maximum atomic E-state index is 8.65. The summed E-state index contributed by atoms with van der Waals surface area (Å²) < 4.78 is 5.99. The highest BCUT2D eigenvalue weighted by atomic mass is 16.5. The van der Waals surface area contributed by atoms with Crippen LogP contribution in [0.1, 0.15) is 34.1 Å². The number of rotatable bonds is 3. The van der Waals surface area contributed by atoms with E-state index >= 15 is 0 Å². The first kappa shape index (κ1) is 13.4. The average molecular weight is 225 g/mol. The summed E-state index contributed by atoms with van der Waals surface area (Å²) in [7, 11) is 0. The van der Waals surface area contributed by atoms with E-state index in [1.165, 1.54) is 0 Å². The number of nitriles is 1. The van der Waals surface area contributed by atoms with Gasteiger partial charge in [-0.1, -0.05) is 0 Å². The van der Waals surface area contributed by atoms with Crippen molar-refractivity contribution in [3.05, 3.63) is 0 Å². The summed E-state index contributed by atoms with van der Waals surface area (Å²) >= 11 is 0. The molecule has 1 unspecified atom stereocenters. The Labute approximate surface area is 98.4 Å². The van der Waals surface area contributed by atoms with Crippen LogP contribution in [-0.4, -0.2) is 41.8 Å². The van der Waals surface area contributed by atoms with Crippen LogP contribution in [0.15, 0.2) is 0 Å². The Morgan fingerprint density at radius 2 is 1.81 bits per heavy atom. The Balaban J connectivity index is 2.52. The number of ether oxygens (including phenoxy) is 1. The molecule has 1 aliphatic heterocycles. The Hall–Kier alpha value is -0.630. The normalized spacial score (nSPS) is 26.0. The van der Waals surface area contributed by atoms with E-state index in [9.17, 15) is 0 Å². The molecule has 1 atom stereocenters. The van der Waals surface area contributed by atoms with Crippen molar-refractivity contribution in [2.24, 2.45) is 5.73 Å². The number of morpholine rings is 1. The minimum atomic E-state index is -0.353. The highest BCUT2D eigenvalue weighted by Crippen LogP contribution is 2.27. The maximum Gasteiger partial charge on any atom is 0.0940 e. The summed E-state index contributed by atoms with van der Waals surface area (Å²) in [6.07, 6.45) is 0.725. The van der Waals surface area contributed by atoms with Gasteiger partial charge in [0.15, 0.2) is 0 Å².